The Labute approximate surface area is 186 Å². The second-order valence-electron chi connectivity index (χ2n) is 7.21. The minimum absolute atomic E-state index is 0.0966. The van der Waals surface area contributed by atoms with Crippen molar-refractivity contribution in [1.29, 1.82) is 0 Å². The number of β-amino-alcohol motifs (C(OH)–C–C–N with tert-alkyl or cyclic N) is 1. The number of hydrogen-bond acceptors (Lipinski definition) is 6. The highest BCUT2D eigenvalue weighted by molar-refractivity contribution is 6.41. The Kier molecular flexibility index (Phi) is 8.13. The Bertz CT molecular complexity index is 822. The van der Waals surface area contributed by atoms with Crippen LogP contribution in [-0.2, 0) is 14.3 Å². The Hall–Kier alpha value is -1.64. The molecule has 2 heterocycles. The summed E-state index contributed by atoms with van der Waals surface area (Å²) in [5.74, 6) is -0.637. The summed E-state index contributed by atoms with van der Waals surface area (Å²) in [7, 11) is 0. The van der Waals surface area contributed by atoms with Gasteiger partial charge in [-0.3, -0.25) is 19.4 Å². The summed E-state index contributed by atoms with van der Waals surface area (Å²) in [6.07, 6.45) is 0.574. The molecule has 9 heteroatoms. The minimum atomic E-state index is -0.339. The molecular formula is C21H27Cl2N3O4. The number of piperazine rings is 1. The van der Waals surface area contributed by atoms with Crippen LogP contribution in [0, 0.1) is 0 Å². The highest BCUT2D eigenvalue weighted by atomic mass is 35.5. The Morgan fingerprint density at radius 1 is 1.07 bits per heavy atom. The summed E-state index contributed by atoms with van der Waals surface area (Å²) in [5, 5.41) is 9.97. The van der Waals surface area contributed by atoms with E-state index in [1.165, 1.54) is 4.90 Å². The fourth-order valence-electron chi connectivity index (χ4n) is 3.80. The largest absolute Gasteiger partial charge is 0.395 e. The van der Waals surface area contributed by atoms with Crippen molar-refractivity contribution in [1.82, 2.24) is 14.7 Å². The number of rotatable bonds is 9. The molecule has 30 heavy (non-hydrogen) atoms. The average Bonchev–Trinajstić information content (AvgIpc) is 2.96. The maximum absolute atomic E-state index is 13.3. The highest BCUT2D eigenvalue weighted by Crippen LogP contribution is 2.36. The molecule has 164 valence electrons. The van der Waals surface area contributed by atoms with E-state index in [0.717, 1.165) is 0 Å². The van der Waals surface area contributed by atoms with E-state index in [0.29, 0.717) is 85.8 Å². The van der Waals surface area contributed by atoms with Crippen LogP contribution < -0.4 is 0 Å². The van der Waals surface area contributed by atoms with Gasteiger partial charge in [0.2, 0.25) is 0 Å². The lowest BCUT2D eigenvalue weighted by Crippen LogP contribution is -2.48. The lowest BCUT2D eigenvalue weighted by Gasteiger charge is -2.36. The monoisotopic (exact) mass is 455 g/mol. The topological polar surface area (TPSA) is 73.3 Å². The van der Waals surface area contributed by atoms with E-state index >= 15 is 0 Å². The average molecular weight is 456 g/mol. The second kappa shape index (κ2) is 10.6. The van der Waals surface area contributed by atoms with Crippen LogP contribution in [0.25, 0.3) is 5.57 Å². The Morgan fingerprint density at radius 3 is 2.43 bits per heavy atom. The first kappa shape index (κ1) is 23.0. The molecule has 2 aliphatic heterocycles. The van der Waals surface area contributed by atoms with Crippen molar-refractivity contribution in [2.45, 2.75) is 13.3 Å². The van der Waals surface area contributed by atoms with Crippen molar-refractivity contribution < 1.29 is 19.4 Å². The standard InChI is InChI=1S/C21H27Cl2N3O4/c1-2-30-13-3-6-26-20(28)18(16-5-4-15(22)14-17(16)23)19(21(26)29)25-9-7-24(8-10-25)11-12-27/h4-5,14,27H,2-3,6-13H2,1H3. The number of hydrogen-bond donors (Lipinski definition) is 1. The fourth-order valence-corrected chi connectivity index (χ4v) is 4.30. The van der Waals surface area contributed by atoms with Gasteiger partial charge in [0.1, 0.15) is 5.70 Å². The van der Waals surface area contributed by atoms with Crippen LogP contribution in [0.1, 0.15) is 18.9 Å². The van der Waals surface area contributed by atoms with Crippen LogP contribution >= 0.6 is 23.2 Å². The van der Waals surface area contributed by atoms with E-state index in [1.807, 2.05) is 11.8 Å². The molecule has 0 saturated carbocycles. The SMILES string of the molecule is CCOCCCN1C(=O)C(c2ccc(Cl)cc2Cl)=C(N2CCN(CCO)CC2)C1=O. The van der Waals surface area contributed by atoms with Gasteiger partial charge in [0.25, 0.3) is 11.8 Å². The molecule has 2 amide bonds. The predicted molar refractivity (Wildman–Crippen MR) is 116 cm³/mol. The number of carbonyl (C=O) groups excluding carboxylic acids is 2. The molecule has 0 atom stereocenters. The van der Waals surface area contributed by atoms with Crippen LogP contribution in [0.2, 0.25) is 10.0 Å². The first-order valence-electron chi connectivity index (χ1n) is 10.2. The van der Waals surface area contributed by atoms with Crippen molar-refractivity contribution in [3.05, 3.63) is 39.5 Å². The summed E-state index contributed by atoms with van der Waals surface area (Å²) in [4.78, 5) is 31.9. The first-order valence-corrected chi connectivity index (χ1v) is 10.9. The molecule has 1 saturated heterocycles. The molecule has 0 bridgehead atoms. The lowest BCUT2D eigenvalue weighted by molar-refractivity contribution is -0.137. The zero-order chi connectivity index (χ0) is 21.7. The number of aliphatic hydroxyl groups is 1. The molecule has 1 aromatic rings. The van der Waals surface area contributed by atoms with E-state index in [1.54, 1.807) is 18.2 Å². The van der Waals surface area contributed by atoms with Crippen LogP contribution in [0.3, 0.4) is 0 Å². The smallest absolute Gasteiger partial charge is 0.277 e. The third-order valence-corrected chi connectivity index (χ3v) is 5.87. The molecule has 3 rings (SSSR count). The molecule has 1 fully saturated rings. The zero-order valence-electron chi connectivity index (χ0n) is 17.1. The quantitative estimate of drug-likeness (QED) is 0.454. The summed E-state index contributed by atoms with van der Waals surface area (Å²) >= 11 is 12.4. The first-order chi connectivity index (χ1) is 14.5. The van der Waals surface area contributed by atoms with E-state index in [9.17, 15) is 9.59 Å². The van der Waals surface area contributed by atoms with Gasteiger partial charge in [0.05, 0.1) is 17.2 Å². The number of amides is 2. The summed E-state index contributed by atoms with van der Waals surface area (Å²) in [6.45, 7) is 6.57. The van der Waals surface area contributed by atoms with Gasteiger partial charge in [-0.25, -0.2) is 0 Å². The van der Waals surface area contributed by atoms with Crippen molar-refractivity contribution >= 4 is 40.6 Å². The maximum Gasteiger partial charge on any atom is 0.277 e. The van der Waals surface area contributed by atoms with Crippen LogP contribution in [0.4, 0.5) is 0 Å². The van der Waals surface area contributed by atoms with E-state index in [-0.39, 0.29) is 18.4 Å². The highest BCUT2D eigenvalue weighted by Gasteiger charge is 2.42. The van der Waals surface area contributed by atoms with E-state index in [2.05, 4.69) is 4.90 Å². The molecule has 0 unspecified atom stereocenters. The molecule has 0 aliphatic carbocycles. The molecule has 2 aliphatic rings. The maximum atomic E-state index is 13.3. The second-order valence-corrected chi connectivity index (χ2v) is 8.06. The number of ether oxygens (including phenoxy) is 1. The van der Waals surface area contributed by atoms with Gasteiger partial charge in [-0.05, 0) is 25.5 Å². The van der Waals surface area contributed by atoms with E-state index < -0.39 is 0 Å². The van der Waals surface area contributed by atoms with Gasteiger partial charge >= 0.3 is 0 Å². The van der Waals surface area contributed by atoms with Gasteiger partial charge in [0, 0.05) is 63.1 Å². The minimum Gasteiger partial charge on any atom is -0.395 e. The number of aliphatic hydroxyl groups excluding tert-OH is 1. The Morgan fingerprint density at radius 2 is 1.80 bits per heavy atom. The van der Waals surface area contributed by atoms with Crippen LogP contribution in [-0.4, -0.2) is 90.7 Å². The number of benzene rings is 1. The molecule has 0 radical (unpaired) electrons. The number of halogens is 2. The van der Waals surface area contributed by atoms with Crippen LogP contribution in [0.5, 0.6) is 0 Å². The third-order valence-electron chi connectivity index (χ3n) is 5.32. The number of carbonyl (C=O) groups is 2. The molecule has 1 N–H and O–H groups in total. The third kappa shape index (κ3) is 4.98. The normalized spacial score (nSPS) is 18.1. The molecule has 0 aromatic heterocycles. The zero-order valence-corrected chi connectivity index (χ0v) is 18.6. The Balaban J connectivity index is 1.90. The van der Waals surface area contributed by atoms with Crippen molar-refractivity contribution in [2.75, 3.05) is 59.1 Å². The summed E-state index contributed by atoms with van der Waals surface area (Å²) in [5.41, 5.74) is 1.23. The van der Waals surface area contributed by atoms with Crippen molar-refractivity contribution in [3.63, 3.8) is 0 Å². The van der Waals surface area contributed by atoms with E-state index in [4.69, 9.17) is 33.0 Å². The van der Waals surface area contributed by atoms with Crippen molar-refractivity contribution in [2.24, 2.45) is 0 Å². The van der Waals surface area contributed by atoms with Gasteiger partial charge in [-0.2, -0.15) is 0 Å². The molecular weight excluding hydrogens is 429 g/mol. The lowest BCUT2D eigenvalue weighted by atomic mass is 10.0. The predicted octanol–water partition coefficient (Wildman–Crippen LogP) is 2.11. The van der Waals surface area contributed by atoms with Gasteiger partial charge in [0.15, 0.2) is 0 Å². The van der Waals surface area contributed by atoms with Gasteiger partial charge in [-0.15, -0.1) is 0 Å². The summed E-state index contributed by atoms with van der Waals surface area (Å²) in [6, 6.07) is 4.94. The van der Waals surface area contributed by atoms with Gasteiger partial charge in [-0.1, -0.05) is 29.3 Å². The molecule has 7 nitrogen and oxygen atoms in total. The molecule has 0 spiro atoms. The summed E-state index contributed by atoms with van der Waals surface area (Å²) < 4.78 is 5.35. The van der Waals surface area contributed by atoms with Gasteiger partial charge < -0.3 is 14.7 Å². The fraction of sp³-hybridized carbons (Fsp3) is 0.524. The van der Waals surface area contributed by atoms with Crippen LogP contribution in [0.15, 0.2) is 23.9 Å². The number of imide groups is 1. The molecule has 1 aromatic carbocycles. The van der Waals surface area contributed by atoms with Crippen molar-refractivity contribution in [3.8, 4) is 0 Å². The number of nitrogens with zero attached hydrogens (tertiary/aromatic N) is 3.